The van der Waals surface area contributed by atoms with E-state index in [-0.39, 0.29) is 25.1 Å². The summed E-state index contributed by atoms with van der Waals surface area (Å²) in [4.78, 5) is 11.6. The average Bonchev–Trinajstić information content (AvgIpc) is 2.56. The summed E-state index contributed by atoms with van der Waals surface area (Å²) < 4.78 is 23.2. The molecule has 0 aromatic rings. The molecule has 0 aliphatic heterocycles. The van der Waals surface area contributed by atoms with Crippen molar-refractivity contribution in [3.63, 3.8) is 0 Å². The lowest BCUT2D eigenvalue weighted by Gasteiger charge is -2.16. The number of carbonyl (C=O) groups excluding carboxylic acids is 1. The summed E-state index contributed by atoms with van der Waals surface area (Å²) in [7, 11) is -2.05. The van der Waals surface area contributed by atoms with Gasteiger partial charge in [0.1, 0.15) is 0 Å². The molecule has 0 aromatic heterocycles. The van der Waals surface area contributed by atoms with E-state index in [1.165, 1.54) is 7.05 Å². The van der Waals surface area contributed by atoms with Gasteiger partial charge in [-0.1, -0.05) is 0 Å². The fraction of sp³-hybridized carbons (Fsp3) is 0.900. The molecule has 18 heavy (non-hydrogen) atoms. The molecule has 0 aromatic carbocycles. The number of nitrogens with zero attached hydrogens (tertiary/aromatic N) is 1. The molecule has 1 rings (SSSR count). The lowest BCUT2D eigenvalue weighted by atomic mass is 10.1. The first-order chi connectivity index (χ1) is 8.24. The fourth-order valence-electron chi connectivity index (χ4n) is 2.01. The standard InChI is InChI=1S/C10H20N2O5S/c1-12(18(2,16)17)5-10(15)11-8-3-7(6-13)9(14)4-8/h7-9,13-14H,3-6H2,1-2H3,(H,11,15)/t7-,8-,9+/m0/s1. The number of aliphatic hydroxyl groups excluding tert-OH is 2. The number of amides is 1. The van der Waals surface area contributed by atoms with E-state index in [1.807, 2.05) is 0 Å². The molecule has 1 aliphatic rings. The lowest BCUT2D eigenvalue weighted by molar-refractivity contribution is -0.121. The highest BCUT2D eigenvalue weighted by atomic mass is 32.2. The maximum absolute atomic E-state index is 11.6. The Morgan fingerprint density at radius 2 is 2.06 bits per heavy atom. The molecular weight excluding hydrogens is 260 g/mol. The first-order valence-electron chi connectivity index (χ1n) is 5.73. The van der Waals surface area contributed by atoms with Crippen molar-refractivity contribution in [3.8, 4) is 0 Å². The topological polar surface area (TPSA) is 107 Å². The van der Waals surface area contributed by atoms with Gasteiger partial charge in [-0.25, -0.2) is 8.42 Å². The second kappa shape index (κ2) is 5.96. The van der Waals surface area contributed by atoms with E-state index in [1.54, 1.807) is 0 Å². The SMILES string of the molecule is CN(CC(=O)N[C@H]1C[C@@H](CO)[C@H](O)C1)S(C)(=O)=O. The molecule has 3 atom stereocenters. The molecule has 106 valence electrons. The van der Waals surface area contributed by atoms with Crippen LogP contribution in [0.1, 0.15) is 12.8 Å². The van der Waals surface area contributed by atoms with Crippen LogP contribution in [0.25, 0.3) is 0 Å². The van der Waals surface area contributed by atoms with E-state index in [0.29, 0.717) is 12.8 Å². The monoisotopic (exact) mass is 280 g/mol. The van der Waals surface area contributed by atoms with E-state index >= 15 is 0 Å². The van der Waals surface area contributed by atoms with E-state index in [0.717, 1.165) is 10.6 Å². The van der Waals surface area contributed by atoms with Crippen LogP contribution in [-0.4, -0.2) is 67.4 Å². The third-order valence-corrected chi connectivity index (χ3v) is 4.45. The Morgan fingerprint density at radius 1 is 1.44 bits per heavy atom. The number of sulfonamides is 1. The average molecular weight is 280 g/mol. The van der Waals surface area contributed by atoms with Crippen molar-refractivity contribution < 1.29 is 23.4 Å². The Balaban J connectivity index is 2.43. The van der Waals surface area contributed by atoms with Crippen LogP contribution in [0.3, 0.4) is 0 Å². The third-order valence-electron chi connectivity index (χ3n) is 3.19. The van der Waals surface area contributed by atoms with Crippen molar-refractivity contribution in [2.24, 2.45) is 5.92 Å². The minimum absolute atomic E-state index is 0.114. The maximum Gasteiger partial charge on any atom is 0.235 e. The predicted molar refractivity (Wildman–Crippen MR) is 65.2 cm³/mol. The van der Waals surface area contributed by atoms with Gasteiger partial charge in [0.05, 0.1) is 18.9 Å². The molecule has 1 saturated carbocycles. The smallest absolute Gasteiger partial charge is 0.235 e. The second-order valence-corrected chi connectivity index (χ2v) is 6.85. The number of nitrogens with one attached hydrogen (secondary N) is 1. The van der Waals surface area contributed by atoms with Gasteiger partial charge >= 0.3 is 0 Å². The van der Waals surface area contributed by atoms with Crippen LogP contribution in [0.5, 0.6) is 0 Å². The fourth-order valence-corrected chi connectivity index (χ4v) is 2.36. The van der Waals surface area contributed by atoms with Crippen molar-refractivity contribution in [1.82, 2.24) is 9.62 Å². The van der Waals surface area contributed by atoms with Crippen molar-refractivity contribution in [2.75, 3.05) is 26.5 Å². The highest BCUT2D eigenvalue weighted by Gasteiger charge is 2.33. The number of likely N-dealkylation sites (N-methyl/N-ethyl adjacent to an activating group) is 1. The minimum Gasteiger partial charge on any atom is -0.396 e. The maximum atomic E-state index is 11.6. The van der Waals surface area contributed by atoms with Gasteiger partial charge < -0.3 is 15.5 Å². The molecule has 0 radical (unpaired) electrons. The summed E-state index contributed by atoms with van der Waals surface area (Å²) in [6.07, 6.45) is 1.31. The van der Waals surface area contributed by atoms with E-state index in [9.17, 15) is 18.3 Å². The van der Waals surface area contributed by atoms with Crippen molar-refractivity contribution in [1.29, 1.82) is 0 Å². The summed E-state index contributed by atoms with van der Waals surface area (Å²) in [5.41, 5.74) is 0. The molecule has 0 spiro atoms. The Morgan fingerprint density at radius 3 is 2.50 bits per heavy atom. The third kappa shape index (κ3) is 4.20. The summed E-state index contributed by atoms with van der Waals surface area (Å²) in [5.74, 6) is -0.623. The molecule has 1 fully saturated rings. The molecule has 0 unspecified atom stereocenters. The van der Waals surface area contributed by atoms with E-state index < -0.39 is 22.0 Å². The van der Waals surface area contributed by atoms with Gasteiger partial charge in [-0.2, -0.15) is 4.31 Å². The highest BCUT2D eigenvalue weighted by Crippen LogP contribution is 2.25. The Labute approximate surface area is 107 Å². The number of hydrogen-bond donors (Lipinski definition) is 3. The first-order valence-corrected chi connectivity index (χ1v) is 7.58. The Hall–Kier alpha value is -0.700. The van der Waals surface area contributed by atoms with E-state index in [4.69, 9.17) is 5.11 Å². The van der Waals surface area contributed by atoms with Crippen LogP contribution in [0, 0.1) is 5.92 Å². The van der Waals surface area contributed by atoms with Gasteiger partial charge in [0, 0.05) is 25.6 Å². The molecule has 7 nitrogen and oxygen atoms in total. The zero-order valence-corrected chi connectivity index (χ0v) is 11.4. The van der Waals surface area contributed by atoms with Gasteiger partial charge in [0.2, 0.25) is 15.9 Å². The molecule has 1 amide bonds. The van der Waals surface area contributed by atoms with Gasteiger partial charge in [-0.05, 0) is 12.8 Å². The van der Waals surface area contributed by atoms with Gasteiger partial charge in [-0.15, -0.1) is 0 Å². The first kappa shape index (κ1) is 15.4. The summed E-state index contributed by atoms with van der Waals surface area (Å²) in [6, 6.07) is -0.211. The highest BCUT2D eigenvalue weighted by molar-refractivity contribution is 7.88. The zero-order chi connectivity index (χ0) is 13.9. The van der Waals surface area contributed by atoms with Crippen LogP contribution in [0.2, 0.25) is 0 Å². The lowest BCUT2D eigenvalue weighted by Crippen LogP contribution is -2.41. The van der Waals surface area contributed by atoms with Crippen LogP contribution < -0.4 is 5.32 Å². The summed E-state index contributed by atoms with van der Waals surface area (Å²) >= 11 is 0. The van der Waals surface area contributed by atoms with Gasteiger partial charge in [0.25, 0.3) is 0 Å². The summed E-state index contributed by atoms with van der Waals surface area (Å²) in [5, 5.41) is 21.2. The number of hydrogen-bond acceptors (Lipinski definition) is 5. The minimum atomic E-state index is -3.37. The number of carbonyl (C=O) groups is 1. The Bertz CT molecular complexity index is 397. The number of rotatable bonds is 5. The molecular formula is C10H20N2O5S. The van der Waals surface area contributed by atoms with Gasteiger partial charge in [-0.3, -0.25) is 4.79 Å². The van der Waals surface area contributed by atoms with Crippen molar-refractivity contribution >= 4 is 15.9 Å². The number of aliphatic hydroxyl groups is 2. The Kier molecular flexibility index (Phi) is 5.09. The van der Waals surface area contributed by atoms with Gasteiger partial charge in [0.15, 0.2) is 0 Å². The van der Waals surface area contributed by atoms with Crippen LogP contribution >= 0.6 is 0 Å². The van der Waals surface area contributed by atoms with Crippen LogP contribution in [0.4, 0.5) is 0 Å². The predicted octanol–water partition coefficient (Wildman–Crippen LogP) is -1.87. The van der Waals surface area contributed by atoms with Crippen LogP contribution in [-0.2, 0) is 14.8 Å². The quantitative estimate of drug-likeness (QED) is 0.547. The molecule has 0 bridgehead atoms. The molecule has 1 aliphatic carbocycles. The summed E-state index contributed by atoms with van der Waals surface area (Å²) in [6.45, 7) is -0.355. The molecule has 0 heterocycles. The largest absolute Gasteiger partial charge is 0.396 e. The van der Waals surface area contributed by atoms with E-state index in [2.05, 4.69) is 5.32 Å². The molecule has 0 saturated heterocycles. The van der Waals surface area contributed by atoms with Crippen LogP contribution in [0.15, 0.2) is 0 Å². The zero-order valence-electron chi connectivity index (χ0n) is 10.5. The molecule has 8 heteroatoms. The van der Waals surface area contributed by atoms with Crippen molar-refractivity contribution in [2.45, 2.75) is 25.0 Å². The molecule has 3 N–H and O–H groups in total. The normalized spacial score (nSPS) is 28.6. The second-order valence-electron chi connectivity index (χ2n) is 4.76. The van der Waals surface area contributed by atoms with Crippen molar-refractivity contribution in [3.05, 3.63) is 0 Å².